The highest BCUT2D eigenvalue weighted by Crippen LogP contribution is 2.50. The van der Waals surface area contributed by atoms with Crippen molar-refractivity contribution >= 4 is 17.7 Å². The number of benzene rings is 3. The summed E-state index contributed by atoms with van der Waals surface area (Å²) in [6, 6.07) is 26.5. The number of ether oxygens (including phenoxy) is 1. The van der Waals surface area contributed by atoms with Crippen LogP contribution in [0.25, 0.3) is 6.08 Å². The van der Waals surface area contributed by atoms with Crippen molar-refractivity contribution in [1.29, 1.82) is 0 Å². The highest BCUT2D eigenvalue weighted by atomic mass is 16.5. The molecule has 3 aromatic rings. The van der Waals surface area contributed by atoms with Gasteiger partial charge in [0.25, 0.3) is 5.91 Å². The summed E-state index contributed by atoms with van der Waals surface area (Å²) in [5, 5.41) is 0. The van der Waals surface area contributed by atoms with Crippen LogP contribution in [-0.4, -0.2) is 18.6 Å². The minimum atomic E-state index is -0.360. The Bertz CT molecular complexity index is 1100. The molecule has 1 heterocycles. The lowest BCUT2D eigenvalue weighted by Gasteiger charge is -2.51. The second-order valence-electron chi connectivity index (χ2n) is 8.98. The minimum Gasteiger partial charge on any atom is -0.497 e. The summed E-state index contributed by atoms with van der Waals surface area (Å²) in [5.41, 5.74) is 3.80. The number of hydrogen-bond donors (Lipinski definition) is 0. The van der Waals surface area contributed by atoms with Crippen LogP contribution in [0, 0.1) is 0 Å². The smallest absolute Gasteiger partial charge is 0.251 e. The maximum Gasteiger partial charge on any atom is 0.251 e. The van der Waals surface area contributed by atoms with Gasteiger partial charge < -0.3 is 9.64 Å². The Kier molecular flexibility index (Phi) is 5.45. The third-order valence-corrected chi connectivity index (χ3v) is 6.30. The number of carbonyl (C=O) groups is 1. The third-order valence-electron chi connectivity index (χ3n) is 6.30. The molecule has 3 nitrogen and oxygen atoms in total. The molecule has 0 saturated heterocycles. The number of rotatable bonds is 4. The molecule has 158 valence electrons. The van der Waals surface area contributed by atoms with Crippen molar-refractivity contribution in [2.45, 2.75) is 38.1 Å². The molecule has 1 atom stereocenters. The molecule has 0 saturated carbocycles. The van der Waals surface area contributed by atoms with Crippen LogP contribution in [0.2, 0.25) is 0 Å². The minimum absolute atomic E-state index is 0.00177. The van der Waals surface area contributed by atoms with Crippen LogP contribution in [0.4, 0.5) is 5.69 Å². The summed E-state index contributed by atoms with van der Waals surface area (Å²) in [6.07, 6.45) is 4.39. The highest BCUT2D eigenvalue weighted by molar-refractivity contribution is 6.06. The number of hydrogen-bond acceptors (Lipinski definition) is 2. The zero-order valence-electron chi connectivity index (χ0n) is 18.6. The number of amides is 1. The maximum absolute atomic E-state index is 13.4. The number of anilines is 1. The van der Waals surface area contributed by atoms with E-state index in [1.807, 2.05) is 59.5 Å². The van der Waals surface area contributed by atoms with E-state index in [1.54, 1.807) is 13.2 Å². The molecule has 1 aliphatic rings. The molecule has 0 aliphatic carbocycles. The molecule has 0 aromatic heterocycles. The van der Waals surface area contributed by atoms with Crippen molar-refractivity contribution in [2.75, 3.05) is 12.0 Å². The molecule has 0 fully saturated rings. The van der Waals surface area contributed by atoms with Gasteiger partial charge in [-0.05, 0) is 61.2 Å². The van der Waals surface area contributed by atoms with Crippen molar-refractivity contribution in [3.8, 4) is 5.75 Å². The molecule has 0 spiro atoms. The maximum atomic E-state index is 13.4. The van der Waals surface area contributed by atoms with Crippen LogP contribution >= 0.6 is 0 Å². The second kappa shape index (κ2) is 8.07. The van der Waals surface area contributed by atoms with Crippen LogP contribution in [0.15, 0.2) is 84.9 Å². The van der Waals surface area contributed by atoms with Gasteiger partial charge in [-0.15, -0.1) is 0 Å². The van der Waals surface area contributed by atoms with E-state index < -0.39 is 0 Å². The van der Waals surface area contributed by atoms with E-state index >= 15 is 0 Å². The Balaban J connectivity index is 1.76. The van der Waals surface area contributed by atoms with Gasteiger partial charge in [0.1, 0.15) is 5.75 Å². The van der Waals surface area contributed by atoms with Crippen LogP contribution in [-0.2, 0) is 10.2 Å². The molecule has 0 bridgehead atoms. The zero-order chi connectivity index (χ0) is 22.1. The summed E-state index contributed by atoms with van der Waals surface area (Å²) >= 11 is 0. The lowest BCUT2D eigenvalue weighted by molar-refractivity contribution is -0.115. The molecule has 4 rings (SSSR count). The molecular weight excluding hydrogens is 382 g/mol. The van der Waals surface area contributed by atoms with Crippen molar-refractivity contribution in [3.63, 3.8) is 0 Å². The van der Waals surface area contributed by atoms with Crippen LogP contribution < -0.4 is 9.64 Å². The van der Waals surface area contributed by atoms with E-state index in [1.165, 1.54) is 11.1 Å². The lowest BCUT2D eigenvalue weighted by Crippen LogP contribution is -2.55. The molecule has 3 aromatic carbocycles. The average Bonchev–Trinajstić information content (AvgIpc) is 2.78. The monoisotopic (exact) mass is 411 g/mol. The second-order valence-corrected chi connectivity index (χ2v) is 8.98. The fourth-order valence-corrected chi connectivity index (χ4v) is 4.94. The van der Waals surface area contributed by atoms with Crippen molar-refractivity contribution in [2.24, 2.45) is 0 Å². The lowest BCUT2D eigenvalue weighted by atomic mass is 9.65. The summed E-state index contributed by atoms with van der Waals surface area (Å²) < 4.78 is 5.35. The molecule has 1 amide bonds. The van der Waals surface area contributed by atoms with E-state index in [9.17, 15) is 4.79 Å². The predicted octanol–water partition coefficient (Wildman–Crippen LogP) is 6.23. The first-order valence-corrected chi connectivity index (χ1v) is 10.7. The normalized spacial score (nSPS) is 19.8. The number of para-hydroxylation sites is 1. The quantitative estimate of drug-likeness (QED) is 0.476. The van der Waals surface area contributed by atoms with Gasteiger partial charge in [-0.1, -0.05) is 67.6 Å². The zero-order valence-corrected chi connectivity index (χ0v) is 18.6. The number of nitrogens with zero attached hydrogens (tertiary/aromatic N) is 1. The van der Waals surface area contributed by atoms with E-state index in [4.69, 9.17) is 4.74 Å². The molecule has 1 aliphatic heterocycles. The number of carbonyl (C=O) groups excluding carboxylic acids is 1. The first kappa shape index (κ1) is 20.9. The molecule has 0 unspecified atom stereocenters. The highest BCUT2D eigenvalue weighted by Gasteiger charge is 2.47. The fourth-order valence-electron chi connectivity index (χ4n) is 4.94. The van der Waals surface area contributed by atoms with Gasteiger partial charge in [0.05, 0.1) is 7.11 Å². The van der Waals surface area contributed by atoms with Gasteiger partial charge in [0.2, 0.25) is 0 Å². The van der Waals surface area contributed by atoms with E-state index in [0.717, 1.165) is 23.4 Å². The molecular formula is C28H29NO2. The fraction of sp³-hybridized carbons (Fsp3) is 0.250. The Labute approximate surface area is 185 Å². The van der Waals surface area contributed by atoms with E-state index in [-0.39, 0.29) is 16.9 Å². The van der Waals surface area contributed by atoms with Gasteiger partial charge in [0.15, 0.2) is 0 Å². The predicted molar refractivity (Wildman–Crippen MR) is 128 cm³/mol. The molecule has 3 heteroatoms. The summed E-state index contributed by atoms with van der Waals surface area (Å²) in [4.78, 5) is 15.4. The Morgan fingerprint density at radius 2 is 1.55 bits per heavy atom. The van der Waals surface area contributed by atoms with Crippen molar-refractivity contribution in [1.82, 2.24) is 0 Å². The first-order valence-electron chi connectivity index (χ1n) is 10.7. The van der Waals surface area contributed by atoms with Gasteiger partial charge in [0, 0.05) is 22.7 Å². The van der Waals surface area contributed by atoms with Crippen molar-refractivity contribution in [3.05, 3.63) is 102 Å². The van der Waals surface area contributed by atoms with Crippen LogP contribution in [0.3, 0.4) is 0 Å². The molecule has 31 heavy (non-hydrogen) atoms. The van der Waals surface area contributed by atoms with Gasteiger partial charge in [-0.25, -0.2) is 0 Å². The topological polar surface area (TPSA) is 29.5 Å². The van der Waals surface area contributed by atoms with E-state index in [0.29, 0.717) is 0 Å². The summed E-state index contributed by atoms with van der Waals surface area (Å²) in [7, 11) is 1.68. The van der Waals surface area contributed by atoms with Crippen LogP contribution in [0.5, 0.6) is 5.75 Å². The Morgan fingerprint density at radius 1 is 0.903 bits per heavy atom. The molecule has 0 radical (unpaired) electrons. The largest absolute Gasteiger partial charge is 0.497 e. The van der Waals surface area contributed by atoms with Gasteiger partial charge in [-0.3, -0.25) is 4.79 Å². The number of fused-ring (bicyclic) bond motifs is 1. The summed E-state index contributed by atoms with van der Waals surface area (Å²) in [5.74, 6) is 0.844. The number of methoxy groups -OCH3 is 1. The van der Waals surface area contributed by atoms with Crippen molar-refractivity contribution < 1.29 is 9.53 Å². The van der Waals surface area contributed by atoms with Crippen LogP contribution in [0.1, 0.15) is 43.9 Å². The Morgan fingerprint density at radius 3 is 2.23 bits per heavy atom. The SMILES string of the molecule is COc1ccc([C@@]2(C)CC(C)(C)N(C(=O)/C=C/c3ccccc3)c3ccccc32)cc1. The van der Waals surface area contributed by atoms with Gasteiger partial charge in [-0.2, -0.15) is 0 Å². The average molecular weight is 412 g/mol. The molecule has 0 N–H and O–H groups in total. The summed E-state index contributed by atoms with van der Waals surface area (Å²) in [6.45, 7) is 6.58. The van der Waals surface area contributed by atoms with Gasteiger partial charge >= 0.3 is 0 Å². The third kappa shape index (κ3) is 3.88. The van der Waals surface area contributed by atoms with E-state index in [2.05, 4.69) is 51.1 Å². The first-order chi connectivity index (χ1) is 14.8. The Hall–Kier alpha value is -3.33. The standard InChI is InChI=1S/C28H29NO2/c1-27(2)20-28(3,22-15-17-23(31-4)18-16-22)24-12-8-9-13-25(24)29(27)26(30)19-14-21-10-6-5-7-11-21/h5-19H,20H2,1-4H3/b19-14+/t28-/m1/s1.